The van der Waals surface area contributed by atoms with Crippen LogP contribution in [0, 0.1) is 6.92 Å². The van der Waals surface area contributed by atoms with Crippen molar-refractivity contribution < 1.29 is 14.3 Å². The van der Waals surface area contributed by atoms with Crippen molar-refractivity contribution in [3.8, 4) is 0 Å². The van der Waals surface area contributed by atoms with Gasteiger partial charge in [0.05, 0.1) is 18.7 Å². The van der Waals surface area contributed by atoms with Crippen LogP contribution in [-0.2, 0) is 40.3 Å². The van der Waals surface area contributed by atoms with Gasteiger partial charge in [0.2, 0.25) is 0 Å². The highest BCUT2D eigenvalue weighted by atomic mass is 32.1. The fourth-order valence-corrected chi connectivity index (χ4v) is 5.58. The molecule has 0 saturated carbocycles. The first kappa shape index (κ1) is 22.4. The van der Waals surface area contributed by atoms with E-state index in [1.165, 1.54) is 9.44 Å². The first-order valence-corrected chi connectivity index (χ1v) is 12.3. The van der Waals surface area contributed by atoms with Crippen LogP contribution < -0.4 is 9.77 Å². The van der Waals surface area contributed by atoms with Crippen LogP contribution in [0.1, 0.15) is 41.1 Å². The Bertz CT molecular complexity index is 1130. The molecule has 1 aliphatic rings. The van der Waals surface area contributed by atoms with E-state index in [1.54, 1.807) is 21.6 Å². The van der Waals surface area contributed by atoms with E-state index in [9.17, 15) is 14.4 Å². The lowest BCUT2D eigenvalue weighted by Crippen LogP contribution is -2.34. The maximum Gasteiger partial charge on any atom is 0.308 e. The second kappa shape index (κ2) is 10.2. The lowest BCUT2D eigenvalue weighted by molar-refractivity contribution is -0.148. The molecule has 7 nitrogen and oxygen atoms in total. The first-order chi connectivity index (χ1) is 15.5. The van der Waals surface area contributed by atoms with E-state index in [-0.39, 0.29) is 30.4 Å². The van der Waals surface area contributed by atoms with Crippen LogP contribution in [0.25, 0.3) is 0 Å². The summed E-state index contributed by atoms with van der Waals surface area (Å²) in [6, 6.07) is 9.71. The largest absolute Gasteiger partial charge is 0.455 e. The molecule has 0 bridgehead atoms. The predicted octanol–water partition coefficient (Wildman–Crippen LogP) is 3.72. The number of benzene rings is 1. The molecule has 3 aromatic rings. The molecule has 0 atom stereocenters. The second-order valence-corrected chi connectivity index (χ2v) is 9.63. The van der Waals surface area contributed by atoms with Gasteiger partial charge in [0.15, 0.2) is 11.7 Å². The van der Waals surface area contributed by atoms with Gasteiger partial charge in [0, 0.05) is 22.5 Å². The molecule has 32 heavy (non-hydrogen) atoms. The van der Waals surface area contributed by atoms with Gasteiger partial charge in [0.25, 0.3) is 5.91 Å². The van der Waals surface area contributed by atoms with Crippen LogP contribution in [0.2, 0.25) is 0 Å². The average molecular weight is 472 g/mol. The van der Waals surface area contributed by atoms with Crippen molar-refractivity contribution in [2.45, 2.75) is 52.1 Å². The van der Waals surface area contributed by atoms with E-state index in [4.69, 9.17) is 9.72 Å². The summed E-state index contributed by atoms with van der Waals surface area (Å²) in [5.41, 5.74) is 2.87. The Morgan fingerprint density at radius 1 is 1.19 bits per heavy atom. The van der Waals surface area contributed by atoms with Gasteiger partial charge in [-0.2, -0.15) is 0 Å². The zero-order valence-electron chi connectivity index (χ0n) is 17.9. The summed E-state index contributed by atoms with van der Waals surface area (Å²) in [7, 11) is 0. The Kier molecular flexibility index (Phi) is 7.16. The minimum absolute atomic E-state index is 0.0367. The standard InChI is InChI=1S/C23H25N3O4S2/c1-16-15-31-23(29)25(16)12-11-21(28)30-14-20(27)26(13-17-7-3-2-4-8-17)22-24-18-9-5-6-10-19(18)32-22/h2-4,7-8,15H,5-6,9-14H2,1H3. The molecule has 0 spiro atoms. The third kappa shape index (κ3) is 5.34. The minimum Gasteiger partial charge on any atom is -0.455 e. The third-order valence-corrected chi connectivity index (χ3v) is 7.48. The van der Waals surface area contributed by atoms with Gasteiger partial charge in [-0.25, -0.2) is 4.98 Å². The van der Waals surface area contributed by atoms with Crippen molar-refractivity contribution in [3.05, 3.63) is 67.2 Å². The summed E-state index contributed by atoms with van der Waals surface area (Å²) in [5, 5.41) is 2.41. The number of aryl methyl sites for hydroxylation is 3. The average Bonchev–Trinajstić information content (AvgIpc) is 3.37. The highest BCUT2D eigenvalue weighted by Gasteiger charge is 2.24. The highest BCUT2D eigenvalue weighted by Crippen LogP contribution is 2.32. The van der Waals surface area contributed by atoms with Crippen molar-refractivity contribution in [2.24, 2.45) is 0 Å². The van der Waals surface area contributed by atoms with E-state index in [2.05, 4.69) is 0 Å². The number of rotatable bonds is 8. The summed E-state index contributed by atoms with van der Waals surface area (Å²) in [4.78, 5) is 44.6. The van der Waals surface area contributed by atoms with Crippen LogP contribution >= 0.6 is 22.7 Å². The number of thiazole rings is 2. The summed E-state index contributed by atoms with van der Waals surface area (Å²) in [5.74, 6) is -0.814. The van der Waals surface area contributed by atoms with Crippen LogP contribution in [0.15, 0.2) is 40.5 Å². The van der Waals surface area contributed by atoms with Gasteiger partial charge in [0.1, 0.15) is 0 Å². The fraction of sp³-hybridized carbons (Fsp3) is 0.391. The Balaban J connectivity index is 1.42. The summed E-state index contributed by atoms with van der Waals surface area (Å²) < 4.78 is 6.80. The normalized spacial score (nSPS) is 12.9. The lowest BCUT2D eigenvalue weighted by atomic mass is 10.0. The third-order valence-electron chi connectivity index (χ3n) is 5.42. The SMILES string of the molecule is Cc1csc(=O)n1CCC(=O)OCC(=O)N(Cc1ccccc1)c1nc2c(s1)CCCC2. The van der Waals surface area contributed by atoms with E-state index in [1.807, 2.05) is 37.3 Å². The number of hydrogen-bond donors (Lipinski definition) is 0. The van der Waals surface area contributed by atoms with Gasteiger partial charge >= 0.3 is 10.8 Å². The van der Waals surface area contributed by atoms with Crippen LogP contribution in [0.4, 0.5) is 5.13 Å². The van der Waals surface area contributed by atoms with Crippen molar-refractivity contribution in [2.75, 3.05) is 11.5 Å². The lowest BCUT2D eigenvalue weighted by Gasteiger charge is -2.20. The summed E-state index contributed by atoms with van der Waals surface area (Å²) in [6.45, 7) is 2.08. The number of hydrogen-bond acceptors (Lipinski definition) is 7. The zero-order chi connectivity index (χ0) is 22.5. The van der Waals surface area contributed by atoms with Gasteiger partial charge in [-0.15, -0.1) is 11.3 Å². The van der Waals surface area contributed by atoms with Crippen molar-refractivity contribution in [1.29, 1.82) is 0 Å². The molecule has 1 amide bonds. The Morgan fingerprint density at radius 3 is 2.69 bits per heavy atom. The molecular weight excluding hydrogens is 446 g/mol. The maximum absolute atomic E-state index is 13.1. The number of carbonyl (C=O) groups excluding carboxylic acids is 2. The van der Waals surface area contributed by atoms with Gasteiger partial charge in [-0.1, -0.05) is 41.7 Å². The van der Waals surface area contributed by atoms with E-state index in [0.29, 0.717) is 11.7 Å². The molecule has 9 heteroatoms. The monoisotopic (exact) mass is 471 g/mol. The Labute approximate surface area is 194 Å². The molecule has 0 unspecified atom stereocenters. The molecule has 0 radical (unpaired) electrons. The minimum atomic E-state index is -0.506. The van der Waals surface area contributed by atoms with Crippen LogP contribution in [-0.4, -0.2) is 28.0 Å². The van der Waals surface area contributed by atoms with E-state index in [0.717, 1.165) is 54.0 Å². The number of nitrogens with zero attached hydrogens (tertiary/aromatic N) is 3. The quantitative estimate of drug-likeness (QED) is 0.468. The summed E-state index contributed by atoms with van der Waals surface area (Å²) in [6.07, 6.45) is 4.24. The zero-order valence-corrected chi connectivity index (χ0v) is 19.5. The van der Waals surface area contributed by atoms with Crippen molar-refractivity contribution >= 4 is 39.7 Å². The van der Waals surface area contributed by atoms with Crippen molar-refractivity contribution in [3.63, 3.8) is 0 Å². The van der Waals surface area contributed by atoms with Gasteiger partial charge in [-0.3, -0.25) is 19.3 Å². The molecule has 0 fully saturated rings. The number of amides is 1. The molecule has 0 saturated heterocycles. The molecule has 1 aromatic carbocycles. The Morgan fingerprint density at radius 2 is 1.97 bits per heavy atom. The molecule has 168 valence electrons. The molecular formula is C23H25N3O4S2. The summed E-state index contributed by atoms with van der Waals surface area (Å²) >= 11 is 2.66. The maximum atomic E-state index is 13.1. The topological polar surface area (TPSA) is 81.5 Å². The molecule has 0 N–H and O–H groups in total. The Hall–Kier alpha value is -2.78. The number of carbonyl (C=O) groups is 2. The smallest absolute Gasteiger partial charge is 0.308 e. The fourth-order valence-electron chi connectivity index (χ4n) is 3.65. The van der Waals surface area contributed by atoms with Crippen molar-refractivity contribution in [1.82, 2.24) is 9.55 Å². The highest BCUT2D eigenvalue weighted by molar-refractivity contribution is 7.16. The van der Waals surface area contributed by atoms with Gasteiger partial charge < -0.3 is 9.30 Å². The van der Waals surface area contributed by atoms with E-state index < -0.39 is 5.97 Å². The number of fused-ring (bicyclic) bond motifs is 1. The van der Waals surface area contributed by atoms with Crippen LogP contribution in [0.5, 0.6) is 0 Å². The molecule has 0 aliphatic heterocycles. The molecule has 4 rings (SSSR count). The molecule has 1 aliphatic carbocycles. The number of esters is 1. The number of anilines is 1. The van der Waals surface area contributed by atoms with Crippen LogP contribution in [0.3, 0.4) is 0 Å². The first-order valence-electron chi connectivity index (χ1n) is 10.6. The van der Waals surface area contributed by atoms with Gasteiger partial charge in [-0.05, 0) is 38.2 Å². The predicted molar refractivity (Wildman–Crippen MR) is 125 cm³/mol. The number of ether oxygens (including phenoxy) is 1. The second-order valence-electron chi connectivity index (χ2n) is 7.74. The number of aromatic nitrogens is 2. The van der Waals surface area contributed by atoms with E-state index >= 15 is 0 Å². The molecule has 2 aromatic heterocycles. The molecule has 2 heterocycles.